The molecule has 0 aliphatic heterocycles. The van der Waals surface area contributed by atoms with Crippen LogP contribution in [0.25, 0.3) is 55.8 Å². The number of benzene rings is 5. The third-order valence-corrected chi connectivity index (χ3v) is 15.7. The van der Waals surface area contributed by atoms with Gasteiger partial charge in [-0.25, -0.2) is 9.97 Å². The lowest BCUT2D eigenvalue weighted by Gasteiger charge is -2.33. The van der Waals surface area contributed by atoms with Crippen LogP contribution in [0.2, 0.25) is 0 Å². The average Bonchev–Trinajstić information content (AvgIpc) is 3.96. The highest BCUT2D eigenvalue weighted by atomic mass is 32.1. The number of aliphatic imine (C=N–C) groups is 2. The smallest absolute Gasteiger partial charge is 0.0976 e. The first-order valence-electron chi connectivity index (χ1n) is 29.8. The summed E-state index contributed by atoms with van der Waals surface area (Å²) in [5.41, 5.74) is 26.6. The maximum Gasteiger partial charge on any atom is 0.0976 e. The third-order valence-electron chi connectivity index (χ3n) is 15.7. The van der Waals surface area contributed by atoms with Gasteiger partial charge in [0.15, 0.2) is 0 Å². The number of aryl methyl sites for hydroxylation is 2. The Balaban J connectivity index is 0.000000350. The van der Waals surface area contributed by atoms with E-state index in [0.717, 1.165) is 56.1 Å². The maximum atomic E-state index is 5.34. The molecule has 8 rings (SSSR count). The number of aromatic nitrogens is 2. The molecule has 0 saturated carbocycles. The van der Waals surface area contributed by atoms with Crippen LogP contribution in [0.1, 0.15) is 193 Å². The lowest BCUT2D eigenvalue weighted by Crippen LogP contribution is -2.25. The largest absolute Gasteiger partial charge is 0.286 e. The van der Waals surface area contributed by atoms with Crippen LogP contribution < -0.4 is 0 Å². The fraction of sp³-hybridized carbons (Fsp3) is 0.387. The molecule has 0 unspecified atom stereocenters. The summed E-state index contributed by atoms with van der Waals surface area (Å²) in [4.78, 5) is 19.1. The molecule has 0 radical (unpaired) electrons. The van der Waals surface area contributed by atoms with Gasteiger partial charge < -0.3 is 0 Å². The van der Waals surface area contributed by atoms with E-state index in [-0.39, 0.29) is 45.9 Å². The van der Waals surface area contributed by atoms with Crippen LogP contribution in [0.3, 0.4) is 0 Å². The van der Waals surface area contributed by atoms with E-state index in [1.807, 2.05) is 12.1 Å². The van der Waals surface area contributed by atoms with E-state index in [9.17, 15) is 0 Å². The van der Waals surface area contributed by atoms with Crippen molar-refractivity contribution in [1.82, 2.24) is 9.97 Å². The van der Waals surface area contributed by atoms with Crippen LogP contribution in [0.4, 0.5) is 0 Å². The van der Waals surface area contributed by atoms with Gasteiger partial charge in [-0.3, -0.25) is 9.98 Å². The molecule has 438 valence electrons. The van der Waals surface area contributed by atoms with Crippen LogP contribution in [-0.2, 0) is 5.41 Å². The van der Waals surface area contributed by atoms with Crippen molar-refractivity contribution in [2.75, 3.05) is 14.1 Å². The number of hydrogen-bond donors (Lipinski definition) is 0. The molecule has 4 nitrogen and oxygen atoms in total. The molecule has 0 saturated heterocycles. The van der Waals surface area contributed by atoms with Gasteiger partial charge in [-0.2, -0.15) is 40.5 Å². The minimum Gasteiger partial charge on any atom is -0.286 e. The first kappa shape index (κ1) is 70.5. The van der Waals surface area contributed by atoms with Gasteiger partial charge in [0.2, 0.25) is 0 Å². The van der Waals surface area contributed by atoms with Gasteiger partial charge in [-0.05, 0) is 127 Å². The van der Waals surface area contributed by atoms with Crippen molar-refractivity contribution in [3.63, 3.8) is 0 Å². The summed E-state index contributed by atoms with van der Waals surface area (Å²) in [6, 6.07) is 39.6. The summed E-state index contributed by atoms with van der Waals surface area (Å²) < 4.78 is 0. The molecule has 2 aliphatic carbocycles. The molecule has 7 heteroatoms. The standard InChI is InChI=1S/C34H34N2.C31H46.C10H14N2.3H2S/c1-23(2)17-19-25(5)29-21-22-30(26(6)20-18-24(3)4)34-33(29)35-31(27-13-9-7-10-14-27)32(36-34)28-15-11-8-12-16-28;1-5-7-9-11-13-15-21-31(22-16-14-12-10-8-6-2)29-23-25(3)17-19-27(29)28-20-18-26(4)24-30(28)31;1-7-5-6-8(2)10(12-4)9(7)11-3;;;/h7-22H,1-6H3;17-20,23-24H,5-16,21-22H2,1-4H3;5-6H,1-4H3;3*1H2/b25-19+,26-20+;;;;;. The van der Waals surface area contributed by atoms with Crippen molar-refractivity contribution in [3.05, 3.63) is 201 Å². The van der Waals surface area contributed by atoms with Crippen LogP contribution >= 0.6 is 40.5 Å². The van der Waals surface area contributed by atoms with Crippen molar-refractivity contribution >= 4 is 74.1 Å². The Hall–Kier alpha value is -5.73. The van der Waals surface area contributed by atoms with Crippen molar-refractivity contribution in [2.45, 2.75) is 178 Å². The Bertz CT molecular complexity index is 3030. The minimum atomic E-state index is 0. The molecule has 6 aromatic rings. The van der Waals surface area contributed by atoms with Crippen LogP contribution in [0.5, 0.6) is 0 Å². The van der Waals surface area contributed by atoms with E-state index in [2.05, 4.69) is 227 Å². The molecule has 1 aromatic heterocycles. The Labute approximate surface area is 518 Å². The number of allylic oxidation sites excluding steroid dienone is 12. The molecule has 0 atom stereocenters. The van der Waals surface area contributed by atoms with E-state index in [0.29, 0.717) is 0 Å². The van der Waals surface area contributed by atoms with Gasteiger partial charge in [-0.15, -0.1) is 0 Å². The van der Waals surface area contributed by atoms with E-state index < -0.39 is 0 Å². The van der Waals surface area contributed by atoms with Crippen molar-refractivity contribution in [1.29, 1.82) is 0 Å². The molecule has 0 N–H and O–H groups in total. The molecule has 1 heterocycles. The van der Waals surface area contributed by atoms with E-state index >= 15 is 0 Å². The van der Waals surface area contributed by atoms with Gasteiger partial charge in [0, 0.05) is 41.8 Å². The number of fused-ring (bicyclic) bond motifs is 4. The zero-order valence-electron chi connectivity index (χ0n) is 52.5. The summed E-state index contributed by atoms with van der Waals surface area (Å²) in [6.07, 6.45) is 32.0. The SMILES string of the molecule is CC(C)=C/C=C(\C)c1ccc(/C(C)=C/C=C(C)C)c2nc(-c3ccccc3)c(-c3ccccc3)nc12.CCCCCCCCC1(CCCCCCCC)c2cc(C)ccc2-c2ccc(C)cc21.CN=C1C(C)=CC=C(C)C1=NC.S.S.S. The normalized spacial score (nSPS) is 14.1. The minimum absolute atomic E-state index is 0. The lowest BCUT2D eigenvalue weighted by molar-refractivity contribution is 0.397. The quantitative estimate of drug-likeness (QED) is 0.0434. The monoisotopic (exact) mass is 1150 g/mol. The molecule has 0 spiro atoms. The van der Waals surface area contributed by atoms with Gasteiger partial charge >= 0.3 is 0 Å². The number of hydrogen-bond acceptors (Lipinski definition) is 4. The molecule has 5 aromatic carbocycles. The van der Waals surface area contributed by atoms with E-state index in [4.69, 9.17) is 9.97 Å². The summed E-state index contributed by atoms with van der Waals surface area (Å²) >= 11 is 0. The van der Waals surface area contributed by atoms with Gasteiger partial charge in [-0.1, -0.05) is 259 Å². The van der Waals surface area contributed by atoms with Gasteiger partial charge in [0.05, 0.1) is 33.8 Å². The number of rotatable bonds is 20. The van der Waals surface area contributed by atoms with E-state index in [1.54, 1.807) is 25.2 Å². The molecular formula is C75H100N4S3. The van der Waals surface area contributed by atoms with E-state index in [1.165, 1.54) is 146 Å². The Morgan fingerprint density at radius 1 is 0.439 bits per heavy atom. The average molecular weight is 1150 g/mol. The topological polar surface area (TPSA) is 50.5 Å². The summed E-state index contributed by atoms with van der Waals surface area (Å²) in [5, 5.41) is 0. The van der Waals surface area contributed by atoms with Crippen LogP contribution in [-0.4, -0.2) is 35.5 Å². The molecule has 0 bridgehead atoms. The third kappa shape index (κ3) is 18.6. The Morgan fingerprint density at radius 3 is 1.13 bits per heavy atom. The van der Waals surface area contributed by atoms with Gasteiger partial charge in [0.25, 0.3) is 0 Å². The Morgan fingerprint density at radius 2 is 0.793 bits per heavy atom. The van der Waals surface area contributed by atoms with Crippen LogP contribution in [0.15, 0.2) is 178 Å². The Kier molecular flexibility index (Phi) is 30.5. The molecule has 82 heavy (non-hydrogen) atoms. The fourth-order valence-electron chi connectivity index (χ4n) is 11.3. The summed E-state index contributed by atoms with van der Waals surface area (Å²) in [6.45, 7) is 26.0. The van der Waals surface area contributed by atoms with Gasteiger partial charge in [0.1, 0.15) is 0 Å². The molecule has 0 amide bonds. The zero-order chi connectivity index (χ0) is 56.9. The predicted molar refractivity (Wildman–Crippen MR) is 380 cm³/mol. The highest BCUT2D eigenvalue weighted by molar-refractivity contribution is 7.59. The second-order valence-electron chi connectivity index (χ2n) is 22.8. The fourth-order valence-corrected chi connectivity index (χ4v) is 11.3. The highest BCUT2D eigenvalue weighted by Gasteiger charge is 2.42. The molecule has 2 aliphatic rings. The van der Waals surface area contributed by atoms with Crippen molar-refractivity contribution in [3.8, 4) is 33.6 Å². The number of nitrogens with zero attached hydrogens (tertiary/aromatic N) is 4. The second kappa shape index (κ2) is 35.4. The van der Waals surface area contributed by atoms with Crippen molar-refractivity contribution < 1.29 is 0 Å². The predicted octanol–water partition coefficient (Wildman–Crippen LogP) is 22.1. The lowest BCUT2D eigenvalue weighted by atomic mass is 9.70. The summed E-state index contributed by atoms with van der Waals surface area (Å²) in [5.74, 6) is 0. The first-order valence-corrected chi connectivity index (χ1v) is 29.8. The first-order chi connectivity index (χ1) is 38.2. The van der Waals surface area contributed by atoms with Crippen molar-refractivity contribution in [2.24, 2.45) is 9.98 Å². The molecule has 0 fully saturated rings. The van der Waals surface area contributed by atoms with Crippen LogP contribution in [0, 0.1) is 13.8 Å². The maximum absolute atomic E-state index is 5.34. The summed E-state index contributed by atoms with van der Waals surface area (Å²) in [7, 11) is 3.60. The highest BCUT2D eigenvalue weighted by Crippen LogP contribution is 2.54. The zero-order valence-corrected chi connectivity index (χ0v) is 55.5. The molecular weight excluding hydrogens is 1050 g/mol. The number of unbranched alkanes of at least 4 members (excludes halogenated alkanes) is 10. The second-order valence-corrected chi connectivity index (χ2v) is 22.8.